The van der Waals surface area contributed by atoms with Crippen LogP contribution in [-0.2, 0) is 9.63 Å². The van der Waals surface area contributed by atoms with Gasteiger partial charge in [-0.2, -0.15) is 0 Å². The van der Waals surface area contributed by atoms with Crippen LogP contribution < -0.4 is 5.56 Å². The summed E-state index contributed by atoms with van der Waals surface area (Å²) >= 11 is 0. The van der Waals surface area contributed by atoms with Crippen LogP contribution in [0.3, 0.4) is 0 Å². The van der Waals surface area contributed by atoms with Gasteiger partial charge < -0.3 is 14.5 Å². The number of para-hydroxylation sites is 2. The van der Waals surface area contributed by atoms with Crippen molar-refractivity contribution in [1.29, 1.82) is 0 Å². The molecule has 2 aromatic rings. The van der Waals surface area contributed by atoms with Gasteiger partial charge in [0.25, 0.3) is 5.56 Å². The Kier molecular flexibility index (Phi) is 8.47. The van der Waals surface area contributed by atoms with E-state index in [1.807, 2.05) is 35.8 Å². The third-order valence-corrected chi connectivity index (χ3v) is 10.5. The molecule has 8 heteroatoms. The van der Waals surface area contributed by atoms with Crippen molar-refractivity contribution in [3.05, 3.63) is 40.3 Å². The summed E-state index contributed by atoms with van der Waals surface area (Å²) in [6, 6.07) is 9.62. The molecule has 8 nitrogen and oxygen atoms in total. The Morgan fingerprint density at radius 2 is 1.66 bits per heavy atom. The van der Waals surface area contributed by atoms with E-state index in [0.717, 1.165) is 41.6 Å². The fourth-order valence-corrected chi connectivity index (χ4v) is 9.01. The maximum atomic E-state index is 14.2. The normalized spacial score (nSPS) is 32.1. The zero-order valence-corrected chi connectivity index (χ0v) is 24.7. The number of aliphatic carboxylic acids is 1. The monoisotopic (exact) mass is 562 g/mol. The van der Waals surface area contributed by atoms with E-state index < -0.39 is 5.97 Å². The van der Waals surface area contributed by atoms with Crippen molar-refractivity contribution in [1.82, 2.24) is 14.5 Å². The number of benzene rings is 1. The lowest BCUT2D eigenvalue weighted by Gasteiger charge is -2.56. The van der Waals surface area contributed by atoms with E-state index >= 15 is 0 Å². The minimum atomic E-state index is -0.937. The molecule has 1 aromatic carbocycles. The molecule has 2 aliphatic heterocycles. The van der Waals surface area contributed by atoms with E-state index in [1.54, 1.807) is 0 Å². The average molecular weight is 563 g/mol. The molecule has 222 valence electrons. The molecule has 0 spiro atoms. The maximum absolute atomic E-state index is 14.2. The molecule has 0 radical (unpaired) electrons. The molecule has 6 rings (SSSR count). The number of piperidine rings is 2. The first-order chi connectivity index (χ1) is 19.9. The van der Waals surface area contributed by atoms with E-state index in [-0.39, 0.29) is 30.1 Å². The van der Waals surface area contributed by atoms with Gasteiger partial charge >= 0.3 is 5.97 Å². The van der Waals surface area contributed by atoms with Crippen LogP contribution in [0.15, 0.2) is 34.2 Å². The highest BCUT2D eigenvalue weighted by atomic mass is 16.6. The van der Waals surface area contributed by atoms with E-state index in [1.165, 1.54) is 57.8 Å². The van der Waals surface area contributed by atoms with Crippen molar-refractivity contribution < 1.29 is 14.7 Å². The molecule has 41 heavy (non-hydrogen) atoms. The van der Waals surface area contributed by atoms with Gasteiger partial charge in [0.05, 0.1) is 17.5 Å². The second-order valence-corrected chi connectivity index (χ2v) is 13.1. The molecular formula is C33H46N4O4. The number of aromatic nitrogens is 2. The zero-order valence-electron chi connectivity index (χ0n) is 24.7. The summed E-state index contributed by atoms with van der Waals surface area (Å²) in [5.74, 6) is 1.77. The van der Waals surface area contributed by atoms with Crippen molar-refractivity contribution in [3.63, 3.8) is 0 Å². The Balaban J connectivity index is 1.32. The summed E-state index contributed by atoms with van der Waals surface area (Å²) in [6.45, 7) is 4.52. The number of hydrogen-bond acceptors (Lipinski definition) is 6. The molecule has 4 unspecified atom stereocenters. The van der Waals surface area contributed by atoms with Crippen LogP contribution >= 0.6 is 0 Å². The summed E-state index contributed by atoms with van der Waals surface area (Å²) in [7, 11) is 0. The molecule has 2 saturated carbocycles. The van der Waals surface area contributed by atoms with Crippen LogP contribution in [0, 0.1) is 17.8 Å². The molecule has 4 fully saturated rings. The van der Waals surface area contributed by atoms with Crippen molar-refractivity contribution >= 4 is 22.7 Å². The Hall–Kier alpha value is -2.74. The lowest BCUT2D eigenvalue weighted by Crippen LogP contribution is -2.59. The highest BCUT2D eigenvalue weighted by molar-refractivity contribution is 6.00. The number of nitrogens with zero attached hydrogens (tertiary/aromatic N) is 4. The molecule has 1 N–H and O–H groups in total. The van der Waals surface area contributed by atoms with Crippen molar-refractivity contribution in [2.45, 2.75) is 121 Å². The van der Waals surface area contributed by atoms with Gasteiger partial charge in [-0.3, -0.25) is 14.5 Å². The van der Waals surface area contributed by atoms with Crippen LogP contribution in [0.1, 0.15) is 109 Å². The van der Waals surface area contributed by atoms with Gasteiger partial charge in [0.1, 0.15) is 12.3 Å². The van der Waals surface area contributed by atoms with Crippen molar-refractivity contribution in [2.24, 2.45) is 22.9 Å². The fourth-order valence-electron chi connectivity index (χ4n) is 9.01. The molecule has 2 aliphatic carbocycles. The Morgan fingerprint density at radius 3 is 2.32 bits per heavy atom. The lowest BCUT2D eigenvalue weighted by atomic mass is 9.64. The number of oxime groups is 1. The number of hydrogen-bond donors (Lipinski definition) is 1. The fraction of sp³-hybridized carbons (Fsp3) is 0.697. The molecule has 4 aliphatic rings. The second kappa shape index (κ2) is 12.2. The second-order valence-electron chi connectivity index (χ2n) is 13.1. The van der Waals surface area contributed by atoms with E-state index in [2.05, 4.69) is 17.0 Å². The van der Waals surface area contributed by atoms with Gasteiger partial charge in [-0.25, -0.2) is 4.98 Å². The highest BCUT2D eigenvalue weighted by Crippen LogP contribution is 2.49. The van der Waals surface area contributed by atoms with Gasteiger partial charge in [0.2, 0.25) is 0 Å². The van der Waals surface area contributed by atoms with Crippen LogP contribution in [0.4, 0.5) is 0 Å². The smallest absolute Gasteiger partial charge is 0.303 e. The average Bonchev–Trinajstić information content (AvgIpc) is 2.96. The highest BCUT2D eigenvalue weighted by Gasteiger charge is 2.46. The van der Waals surface area contributed by atoms with Crippen molar-refractivity contribution in [3.8, 4) is 0 Å². The SMILES string of the molecule is CCO/N=C(\CCC(=O)O)c1nc2ccccc2n(C2CC3CCCC(C2)N3C2CC3C[C@H](CC)C[C@@H](C3)C2)c1=O. The minimum absolute atomic E-state index is 0.0843. The predicted octanol–water partition coefficient (Wildman–Crippen LogP) is 6.16. The van der Waals surface area contributed by atoms with E-state index in [9.17, 15) is 14.7 Å². The molecule has 6 atom stereocenters. The Labute approximate surface area is 243 Å². The number of carboxylic acids is 1. The van der Waals surface area contributed by atoms with Crippen LogP contribution in [0.25, 0.3) is 11.0 Å². The standard InChI is InChI=1S/C33H46N4O4/c1-3-21-14-22-16-23(15-21)18-26(17-22)36-24-8-7-9-25(36)20-27(19-24)37-30-11-6-5-10-28(30)34-32(33(37)40)29(35-41-4-2)12-13-31(38)39/h5-6,10-11,21-27H,3-4,7-9,12-20H2,1-2H3,(H,38,39)/b35-29+/t21-,22+,23?,24?,25?,26?,27?/m1/s1. The number of fused-ring (bicyclic) bond motifs is 5. The number of rotatable bonds is 9. The predicted molar refractivity (Wildman–Crippen MR) is 160 cm³/mol. The lowest BCUT2D eigenvalue weighted by molar-refractivity contribution is -0.136. The molecular weight excluding hydrogens is 516 g/mol. The Bertz CT molecular complexity index is 1310. The first-order valence-electron chi connectivity index (χ1n) is 16.1. The summed E-state index contributed by atoms with van der Waals surface area (Å²) in [5.41, 5.74) is 1.94. The summed E-state index contributed by atoms with van der Waals surface area (Å²) in [5, 5.41) is 13.5. The minimum Gasteiger partial charge on any atom is -0.481 e. The van der Waals surface area contributed by atoms with Gasteiger partial charge in [-0.15, -0.1) is 0 Å². The van der Waals surface area contributed by atoms with E-state index in [0.29, 0.717) is 30.4 Å². The topological polar surface area (TPSA) is 97.0 Å². The number of carbonyl (C=O) groups is 1. The van der Waals surface area contributed by atoms with Crippen LogP contribution in [0.2, 0.25) is 0 Å². The first kappa shape index (κ1) is 28.4. The van der Waals surface area contributed by atoms with Crippen molar-refractivity contribution in [2.75, 3.05) is 6.61 Å². The maximum Gasteiger partial charge on any atom is 0.303 e. The van der Waals surface area contributed by atoms with Crippen LogP contribution in [0.5, 0.6) is 0 Å². The largest absolute Gasteiger partial charge is 0.481 e. The molecule has 4 bridgehead atoms. The summed E-state index contributed by atoms with van der Waals surface area (Å²) in [4.78, 5) is 38.6. The van der Waals surface area contributed by atoms with Gasteiger partial charge in [-0.1, -0.05) is 37.1 Å². The van der Waals surface area contributed by atoms with Gasteiger partial charge in [0.15, 0.2) is 5.69 Å². The third kappa shape index (κ3) is 5.81. The molecule has 2 saturated heterocycles. The van der Waals surface area contributed by atoms with Gasteiger partial charge in [-0.05, 0) is 94.6 Å². The molecule has 1 aromatic heterocycles. The number of carboxylic acid groups (broad SMARTS) is 1. The molecule has 0 amide bonds. The van der Waals surface area contributed by atoms with E-state index in [4.69, 9.17) is 9.82 Å². The molecule has 3 heterocycles. The Morgan fingerprint density at radius 1 is 0.951 bits per heavy atom. The van der Waals surface area contributed by atoms with Crippen LogP contribution in [-0.4, -0.2) is 56.0 Å². The third-order valence-electron chi connectivity index (χ3n) is 10.5. The summed E-state index contributed by atoms with van der Waals surface area (Å²) < 4.78 is 1.98. The quantitative estimate of drug-likeness (QED) is 0.290. The summed E-state index contributed by atoms with van der Waals surface area (Å²) in [6.07, 6.45) is 13.9. The zero-order chi connectivity index (χ0) is 28.5. The van der Waals surface area contributed by atoms with Gasteiger partial charge in [0, 0.05) is 30.6 Å². The first-order valence-corrected chi connectivity index (χ1v) is 16.1.